The van der Waals surface area contributed by atoms with Gasteiger partial charge < -0.3 is 64.6 Å². The van der Waals surface area contributed by atoms with Gasteiger partial charge in [-0.1, -0.05) is 58.6 Å². The largest absolute Gasteiger partial charge is 0.394 e. The van der Waals surface area contributed by atoms with E-state index in [4.69, 9.17) is 22.9 Å². The highest BCUT2D eigenvalue weighted by molar-refractivity contribution is 9.10. The molecule has 0 radical (unpaired) electrons. The van der Waals surface area contributed by atoms with E-state index in [0.717, 1.165) is 74.9 Å². The SMILES string of the molecule is C=CCC[C@@](C)(CO)Nc1nc(N)nc2cc(F)cnc12.C=CCC[C@@](C)(CO)Nc1nc(N)nc2cccnc12.CCCCC(CC)(CO)Nc1nc(N)nc2cccnc12.CCCC[C@H](CO)Nc1nc(N)nc2cc(Br)cnc12. The van der Waals surface area contributed by atoms with Crippen LogP contribution in [0.25, 0.3) is 44.1 Å². The summed E-state index contributed by atoms with van der Waals surface area (Å²) in [5.74, 6) is 2.15. The van der Waals surface area contributed by atoms with Gasteiger partial charge in [0, 0.05) is 29.1 Å². The average molecular weight is 1190 g/mol. The molecule has 8 aromatic heterocycles. The van der Waals surface area contributed by atoms with E-state index in [-0.39, 0.29) is 56.3 Å². The monoisotopic (exact) mass is 1190 g/mol. The Morgan fingerprint density at radius 1 is 0.585 bits per heavy atom. The first-order valence-electron chi connectivity index (χ1n) is 27.0. The van der Waals surface area contributed by atoms with E-state index in [1.54, 1.807) is 30.7 Å². The summed E-state index contributed by atoms with van der Waals surface area (Å²) in [6.07, 6.45) is 19.4. The molecule has 0 aliphatic heterocycles. The highest BCUT2D eigenvalue weighted by atomic mass is 79.9. The van der Waals surface area contributed by atoms with Crippen LogP contribution >= 0.6 is 15.9 Å². The molecule has 4 atom stereocenters. The van der Waals surface area contributed by atoms with Crippen LogP contribution in [0.2, 0.25) is 0 Å². The first-order chi connectivity index (χ1) is 39.3. The number of aliphatic hydroxyl groups excluding tert-OH is 4. The van der Waals surface area contributed by atoms with Crippen molar-refractivity contribution in [1.29, 1.82) is 0 Å². The van der Waals surface area contributed by atoms with Crippen molar-refractivity contribution < 1.29 is 24.8 Å². The number of nitrogen functional groups attached to an aromatic ring is 4. The topological polar surface area (TPSA) is 388 Å². The maximum absolute atomic E-state index is 13.2. The zero-order chi connectivity index (χ0) is 59.9. The van der Waals surface area contributed by atoms with Crippen molar-refractivity contribution in [2.75, 3.05) is 70.6 Å². The summed E-state index contributed by atoms with van der Waals surface area (Å²) in [7, 11) is 0. The van der Waals surface area contributed by atoms with E-state index >= 15 is 0 Å². The zero-order valence-corrected chi connectivity index (χ0v) is 48.8. The van der Waals surface area contributed by atoms with E-state index in [1.807, 2.05) is 44.2 Å². The van der Waals surface area contributed by atoms with Crippen molar-refractivity contribution in [3.8, 4) is 0 Å². The molecule has 0 saturated heterocycles. The second-order valence-corrected chi connectivity index (χ2v) is 21.0. The Kier molecular flexibility index (Phi) is 24.8. The lowest BCUT2D eigenvalue weighted by molar-refractivity contribution is 0.195. The van der Waals surface area contributed by atoms with Gasteiger partial charge in [0.05, 0.1) is 77.3 Å². The number of halogens is 2. The van der Waals surface area contributed by atoms with Gasteiger partial charge in [0.1, 0.15) is 27.9 Å². The number of aliphatic hydroxyl groups is 4. The maximum atomic E-state index is 13.2. The molecule has 0 saturated carbocycles. The Morgan fingerprint density at radius 3 is 1.50 bits per heavy atom. The Labute approximate surface area is 485 Å². The lowest BCUT2D eigenvalue weighted by atomic mass is 9.90. The minimum Gasteiger partial charge on any atom is -0.394 e. The summed E-state index contributed by atoms with van der Waals surface area (Å²) in [6, 6.07) is 10.3. The van der Waals surface area contributed by atoms with Crippen molar-refractivity contribution in [3.05, 3.63) is 96.8 Å². The van der Waals surface area contributed by atoms with E-state index in [9.17, 15) is 24.8 Å². The molecule has 0 spiro atoms. The van der Waals surface area contributed by atoms with E-state index in [2.05, 4.69) is 131 Å². The average Bonchev–Trinajstić information content (AvgIpc) is 3.67. The molecular formula is C56H78BrFN20O4. The van der Waals surface area contributed by atoms with E-state index in [0.29, 0.717) is 73.8 Å². The molecule has 8 rings (SSSR count). The maximum Gasteiger partial charge on any atom is 0.222 e. The number of pyridine rings is 4. The highest BCUT2D eigenvalue weighted by Crippen LogP contribution is 2.30. The molecule has 1 unspecified atom stereocenters. The lowest BCUT2D eigenvalue weighted by Crippen LogP contribution is -2.42. The minimum atomic E-state index is -0.613. The standard InChI is InChI=1S/C15H23N5O.C14H18FN5O.C14H19N5O.C13H18BrN5O/c1-3-5-8-15(4-2,10-21)20-13-12-11(7-6-9-17-12)18-14(16)19-13;1-3-4-5-14(2,8-21)20-12-11-10(18-13(16)19-12)6-9(15)7-17-11;1-3-4-7-14(2,9-20)19-12-11-10(6-5-8-16-11)17-13(15)18-12;1-2-3-4-9(7-20)17-12-11-10(18-13(15)19-12)5-8(14)6-16-11/h6-7,9,21H,3-5,8,10H2,1-2H3,(H3,16,18,19,20);3,6-7,21H,1,4-5,8H2,2H3,(H3,16,18,19,20);3,5-6,8,20H,1,4,7,9H2,2H3,(H3,15,17,18,19);5-6,9,20H,2-4,7H2,1H3,(H3,15,17,18,19)/t;2*14-;9-/m.001/s1. The van der Waals surface area contributed by atoms with Gasteiger partial charge in [0.15, 0.2) is 23.3 Å². The molecule has 8 heterocycles. The van der Waals surface area contributed by atoms with Crippen LogP contribution in [0.15, 0.2) is 91.0 Å². The first-order valence-corrected chi connectivity index (χ1v) is 27.8. The molecule has 26 heteroatoms. The van der Waals surface area contributed by atoms with Gasteiger partial charge in [-0.15, -0.1) is 13.2 Å². The summed E-state index contributed by atoms with van der Waals surface area (Å²) in [6.45, 7) is 17.4. The number of hydrogen-bond donors (Lipinski definition) is 12. The third-order valence-corrected chi connectivity index (χ3v) is 13.6. The number of hydrogen-bond acceptors (Lipinski definition) is 24. The fraction of sp³-hybridized carbons (Fsp3) is 0.429. The Bertz CT molecular complexity index is 3340. The number of fused-ring (bicyclic) bond motifs is 4. The van der Waals surface area contributed by atoms with Crippen LogP contribution in [0.3, 0.4) is 0 Å². The van der Waals surface area contributed by atoms with Crippen LogP contribution in [0.5, 0.6) is 0 Å². The number of allylic oxidation sites excluding steroid dienone is 2. The number of nitrogens with one attached hydrogen (secondary N) is 4. The molecule has 82 heavy (non-hydrogen) atoms. The molecule has 8 aromatic rings. The van der Waals surface area contributed by atoms with E-state index in [1.165, 1.54) is 6.07 Å². The summed E-state index contributed by atoms with van der Waals surface area (Å²) < 4.78 is 14.1. The summed E-state index contributed by atoms with van der Waals surface area (Å²) in [5.41, 5.74) is 26.1. The summed E-state index contributed by atoms with van der Waals surface area (Å²) >= 11 is 3.36. The van der Waals surface area contributed by atoms with Crippen LogP contribution in [0.1, 0.15) is 105 Å². The molecule has 0 bridgehead atoms. The van der Waals surface area contributed by atoms with Gasteiger partial charge in [-0.3, -0.25) is 9.97 Å². The molecule has 24 nitrogen and oxygen atoms in total. The van der Waals surface area contributed by atoms with Crippen LogP contribution in [0, 0.1) is 5.82 Å². The van der Waals surface area contributed by atoms with Crippen LogP contribution in [-0.2, 0) is 0 Å². The van der Waals surface area contributed by atoms with Gasteiger partial charge in [-0.25, -0.2) is 34.3 Å². The Balaban J connectivity index is 0.000000200. The van der Waals surface area contributed by atoms with Crippen molar-refractivity contribution in [1.82, 2.24) is 59.8 Å². The second-order valence-electron chi connectivity index (χ2n) is 20.0. The first kappa shape index (κ1) is 64.9. The Hall–Kier alpha value is -7.91. The van der Waals surface area contributed by atoms with Crippen molar-refractivity contribution >= 4 is 107 Å². The third kappa shape index (κ3) is 18.6. The normalized spacial score (nSPS) is 13.6. The van der Waals surface area contributed by atoms with Crippen LogP contribution in [-0.4, -0.2) is 129 Å². The molecular weight excluding hydrogens is 1120 g/mol. The van der Waals surface area contributed by atoms with Crippen LogP contribution < -0.4 is 44.2 Å². The fourth-order valence-electron chi connectivity index (χ4n) is 8.31. The highest BCUT2D eigenvalue weighted by Gasteiger charge is 2.29. The van der Waals surface area contributed by atoms with Crippen molar-refractivity contribution in [3.63, 3.8) is 0 Å². The summed E-state index contributed by atoms with van der Waals surface area (Å²) in [4.78, 5) is 50.1. The number of rotatable bonds is 25. The third-order valence-electron chi connectivity index (χ3n) is 13.2. The molecule has 0 aromatic carbocycles. The molecule has 440 valence electrons. The smallest absolute Gasteiger partial charge is 0.222 e. The van der Waals surface area contributed by atoms with Gasteiger partial charge in [0.2, 0.25) is 23.8 Å². The van der Waals surface area contributed by atoms with Gasteiger partial charge >= 0.3 is 0 Å². The van der Waals surface area contributed by atoms with Crippen molar-refractivity contribution in [2.45, 2.75) is 128 Å². The zero-order valence-electron chi connectivity index (χ0n) is 47.2. The minimum absolute atomic E-state index is 0.0152. The quantitative estimate of drug-likeness (QED) is 0.0239. The molecule has 0 amide bonds. The number of nitrogens with zero attached hydrogens (tertiary/aromatic N) is 12. The lowest BCUT2D eigenvalue weighted by Gasteiger charge is -2.32. The second kappa shape index (κ2) is 31.3. The molecule has 0 fully saturated rings. The number of unbranched alkanes of at least 4 members (excludes halogenated alkanes) is 2. The van der Waals surface area contributed by atoms with Gasteiger partial charge in [-0.2, -0.15) is 19.9 Å². The van der Waals surface area contributed by atoms with Gasteiger partial charge in [-0.05, 0) is 105 Å². The van der Waals surface area contributed by atoms with Gasteiger partial charge in [0.25, 0.3) is 0 Å². The molecule has 0 aliphatic carbocycles. The fourth-order valence-corrected chi connectivity index (χ4v) is 8.63. The molecule has 0 aliphatic rings. The van der Waals surface area contributed by atoms with Crippen molar-refractivity contribution in [2.24, 2.45) is 0 Å². The number of anilines is 8. The van der Waals surface area contributed by atoms with E-state index < -0.39 is 22.4 Å². The summed E-state index contributed by atoms with van der Waals surface area (Å²) in [5, 5.41) is 51.4. The number of aromatic nitrogens is 12. The predicted molar refractivity (Wildman–Crippen MR) is 329 cm³/mol. The predicted octanol–water partition coefficient (Wildman–Crippen LogP) is 8.29. The molecule has 16 N–H and O–H groups in total. The van der Waals surface area contributed by atoms with Crippen LogP contribution in [0.4, 0.5) is 51.5 Å². The number of nitrogens with two attached hydrogens (primary N) is 4. The Morgan fingerprint density at radius 2 is 1.04 bits per heavy atom.